The largest absolute Gasteiger partial charge is 0.354 e. The fraction of sp³-hybridized carbons (Fsp3) is 0.692. The van der Waals surface area contributed by atoms with E-state index in [1.807, 2.05) is 18.2 Å². The van der Waals surface area contributed by atoms with Crippen LogP contribution in [0, 0.1) is 0 Å². The summed E-state index contributed by atoms with van der Waals surface area (Å²) in [6.45, 7) is 4.68. The van der Waals surface area contributed by atoms with Gasteiger partial charge in [0, 0.05) is 12.1 Å². The number of benzene rings is 1. The van der Waals surface area contributed by atoms with Gasteiger partial charge in [0.15, 0.2) is 0 Å². The maximum atomic E-state index is 12.1. The molecule has 0 aliphatic carbocycles. The molecule has 1 aromatic rings. The second-order valence-electron chi connectivity index (χ2n) is 8.45. The van der Waals surface area contributed by atoms with Crippen LogP contribution >= 0.6 is 0 Å². The molecule has 1 rings (SSSR count). The smallest absolute Gasteiger partial charge is 0.251 e. The second-order valence-corrected chi connectivity index (χ2v) is 8.45. The zero-order chi connectivity index (χ0) is 21.9. The Balaban J connectivity index is 1.90. The minimum absolute atomic E-state index is 0.117. The number of rotatable bonds is 18. The van der Waals surface area contributed by atoms with Crippen LogP contribution in [0.3, 0.4) is 0 Å². The lowest BCUT2D eigenvalue weighted by Crippen LogP contribution is -2.45. The molecule has 0 saturated carbocycles. The molecule has 1 unspecified atom stereocenters. The van der Waals surface area contributed by atoms with E-state index in [2.05, 4.69) is 17.6 Å². The molecule has 0 fully saturated rings. The fourth-order valence-corrected chi connectivity index (χ4v) is 3.62. The number of carbonyl (C=O) groups is 2. The van der Waals surface area contributed by atoms with E-state index >= 15 is 0 Å². The van der Waals surface area contributed by atoms with E-state index in [0.717, 1.165) is 12.8 Å². The molecule has 0 radical (unpaired) electrons. The van der Waals surface area contributed by atoms with Crippen LogP contribution in [0.15, 0.2) is 30.3 Å². The average molecular weight is 417 g/mol. The van der Waals surface area contributed by atoms with Crippen LogP contribution in [0.4, 0.5) is 0 Å². The van der Waals surface area contributed by atoms with Gasteiger partial charge in [0.05, 0.1) is 0 Å². The Morgan fingerprint density at radius 1 is 0.733 bits per heavy atom. The third-order valence-electron chi connectivity index (χ3n) is 5.61. The zero-order valence-electron chi connectivity index (χ0n) is 19.4. The molecule has 0 spiro atoms. The summed E-state index contributed by atoms with van der Waals surface area (Å²) in [4.78, 5) is 24.2. The van der Waals surface area contributed by atoms with Crippen molar-refractivity contribution in [3.8, 4) is 0 Å². The molecule has 0 aliphatic heterocycles. The van der Waals surface area contributed by atoms with Gasteiger partial charge in [-0.1, -0.05) is 109 Å². The molecule has 0 saturated heterocycles. The van der Waals surface area contributed by atoms with Crippen LogP contribution < -0.4 is 10.6 Å². The van der Waals surface area contributed by atoms with Crippen molar-refractivity contribution in [3.63, 3.8) is 0 Å². The number of hydrogen-bond donors (Lipinski definition) is 2. The zero-order valence-corrected chi connectivity index (χ0v) is 19.4. The van der Waals surface area contributed by atoms with Crippen molar-refractivity contribution in [3.05, 3.63) is 35.9 Å². The Bertz CT molecular complexity index is 559. The summed E-state index contributed by atoms with van der Waals surface area (Å²) in [5.74, 6) is -0.330. The van der Waals surface area contributed by atoms with Gasteiger partial charge in [-0.25, -0.2) is 0 Å². The number of amides is 2. The monoisotopic (exact) mass is 416 g/mol. The lowest BCUT2D eigenvalue weighted by molar-refractivity contribution is -0.122. The van der Waals surface area contributed by atoms with Gasteiger partial charge in [-0.05, 0) is 25.5 Å². The van der Waals surface area contributed by atoms with Crippen LogP contribution in [0.25, 0.3) is 0 Å². The minimum Gasteiger partial charge on any atom is -0.354 e. The van der Waals surface area contributed by atoms with E-state index in [-0.39, 0.29) is 11.8 Å². The third-order valence-corrected chi connectivity index (χ3v) is 5.61. The molecule has 1 aromatic carbocycles. The van der Waals surface area contributed by atoms with Crippen molar-refractivity contribution in [1.29, 1.82) is 0 Å². The predicted octanol–water partition coefficient (Wildman–Crippen LogP) is 6.40. The molecule has 2 amide bonds. The summed E-state index contributed by atoms with van der Waals surface area (Å²) in [6.07, 6.45) is 18.6. The maximum absolute atomic E-state index is 12.1. The Morgan fingerprint density at radius 2 is 1.20 bits per heavy atom. The van der Waals surface area contributed by atoms with Crippen LogP contribution in [-0.4, -0.2) is 24.4 Å². The Labute approximate surface area is 184 Å². The van der Waals surface area contributed by atoms with Gasteiger partial charge in [0.25, 0.3) is 5.91 Å². The van der Waals surface area contributed by atoms with Crippen LogP contribution in [0.5, 0.6) is 0 Å². The Kier molecular flexibility index (Phi) is 15.7. The average Bonchev–Trinajstić information content (AvgIpc) is 2.76. The number of unbranched alkanes of at least 4 members (excludes halogenated alkanes) is 13. The predicted molar refractivity (Wildman–Crippen MR) is 127 cm³/mol. The van der Waals surface area contributed by atoms with E-state index in [1.54, 1.807) is 19.1 Å². The molecule has 2 N–H and O–H groups in total. The second kappa shape index (κ2) is 18.0. The maximum Gasteiger partial charge on any atom is 0.251 e. The first-order valence-electron chi connectivity index (χ1n) is 12.3. The molecule has 170 valence electrons. The number of nitrogens with one attached hydrogen (secondary N) is 2. The van der Waals surface area contributed by atoms with E-state index < -0.39 is 6.04 Å². The van der Waals surface area contributed by atoms with E-state index in [0.29, 0.717) is 12.1 Å². The lowest BCUT2D eigenvalue weighted by atomic mass is 10.0. The summed E-state index contributed by atoms with van der Waals surface area (Å²) in [5.41, 5.74) is 0.573. The highest BCUT2D eigenvalue weighted by molar-refractivity contribution is 5.97. The topological polar surface area (TPSA) is 58.2 Å². The highest BCUT2D eigenvalue weighted by atomic mass is 16.2. The van der Waals surface area contributed by atoms with E-state index in [9.17, 15) is 9.59 Å². The van der Waals surface area contributed by atoms with Crippen LogP contribution in [0.1, 0.15) is 114 Å². The molecule has 1 atom stereocenters. The lowest BCUT2D eigenvalue weighted by Gasteiger charge is -2.14. The van der Waals surface area contributed by atoms with Gasteiger partial charge < -0.3 is 10.6 Å². The summed E-state index contributed by atoms with van der Waals surface area (Å²) in [5, 5.41) is 5.68. The van der Waals surface area contributed by atoms with E-state index in [4.69, 9.17) is 0 Å². The van der Waals surface area contributed by atoms with Crippen molar-refractivity contribution in [2.24, 2.45) is 0 Å². The summed E-state index contributed by atoms with van der Waals surface area (Å²) in [6, 6.07) is 8.46. The van der Waals surface area contributed by atoms with Gasteiger partial charge in [0.1, 0.15) is 6.04 Å². The normalized spacial score (nSPS) is 11.8. The van der Waals surface area contributed by atoms with Crippen molar-refractivity contribution in [2.75, 3.05) is 6.54 Å². The molecule has 0 heterocycles. The summed E-state index contributed by atoms with van der Waals surface area (Å²) < 4.78 is 0. The van der Waals surface area contributed by atoms with Crippen LogP contribution in [-0.2, 0) is 4.79 Å². The van der Waals surface area contributed by atoms with Gasteiger partial charge in [0.2, 0.25) is 5.91 Å². The van der Waals surface area contributed by atoms with Gasteiger partial charge in [-0.15, -0.1) is 0 Å². The quantitative estimate of drug-likeness (QED) is 0.272. The molecular weight excluding hydrogens is 372 g/mol. The van der Waals surface area contributed by atoms with Gasteiger partial charge in [-0.3, -0.25) is 9.59 Å². The fourth-order valence-electron chi connectivity index (χ4n) is 3.62. The third kappa shape index (κ3) is 13.4. The minimum atomic E-state index is -0.524. The standard InChI is InChI=1S/C26H44N2O2/c1-3-4-5-6-7-8-9-10-11-12-13-14-15-19-22-27-25(29)23(2)28-26(30)24-20-17-16-18-21-24/h16-18,20-21,23H,3-15,19,22H2,1-2H3,(H,27,29)(H,28,30). The molecule has 0 aromatic heterocycles. The first-order valence-corrected chi connectivity index (χ1v) is 12.3. The van der Waals surface area contributed by atoms with Crippen molar-refractivity contribution in [1.82, 2.24) is 10.6 Å². The van der Waals surface area contributed by atoms with Crippen molar-refractivity contribution >= 4 is 11.8 Å². The molecule has 30 heavy (non-hydrogen) atoms. The summed E-state index contributed by atoms with van der Waals surface area (Å²) in [7, 11) is 0. The highest BCUT2D eigenvalue weighted by Crippen LogP contribution is 2.12. The van der Waals surface area contributed by atoms with Crippen LogP contribution in [0.2, 0.25) is 0 Å². The number of carbonyl (C=O) groups excluding carboxylic acids is 2. The Hall–Kier alpha value is -1.84. The molecule has 0 aliphatic rings. The van der Waals surface area contributed by atoms with Crippen molar-refractivity contribution in [2.45, 2.75) is 110 Å². The van der Waals surface area contributed by atoms with E-state index in [1.165, 1.54) is 77.0 Å². The summed E-state index contributed by atoms with van der Waals surface area (Å²) >= 11 is 0. The van der Waals surface area contributed by atoms with Crippen molar-refractivity contribution < 1.29 is 9.59 Å². The first-order chi connectivity index (χ1) is 14.6. The number of hydrogen-bond acceptors (Lipinski definition) is 2. The highest BCUT2D eigenvalue weighted by Gasteiger charge is 2.15. The molecular formula is C26H44N2O2. The Morgan fingerprint density at radius 3 is 1.70 bits per heavy atom. The molecule has 4 heteroatoms. The van der Waals surface area contributed by atoms with Gasteiger partial charge >= 0.3 is 0 Å². The first kappa shape index (κ1) is 26.2. The molecule has 0 bridgehead atoms. The SMILES string of the molecule is CCCCCCCCCCCCCCCCNC(=O)C(C)NC(=O)c1ccccc1. The molecule has 4 nitrogen and oxygen atoms in total. The van der Waals surface area contributed by atoms with Gasteiger partial charge in [-0.2, -0.15) is 0 Å².